The average molecular weight is 461 g/mol. The Hall–Kier alpha value is -3.44. The molecule has 0 amide bonds. The molecule has 0 aromatic heterocycles. The molecule has 0 aliphatic carbocycles. The van der Waals surface area contributed by atoms with Gasteiger partial charge < -0.3 is 5.32 Å². The van der Waals surface area contributed by atoms with E-state index in [0.717, 1.165) is 44.7 Å². The van der Waals surface area contributed by atoms with E-state index in [1.54, 1.807) is 25.1 Å². The topological polar surface area (TPSA) is 24.4 Å². The van der Waals surface area contributed by atoms with E-state index in [-0.39, 0.29) is 10.5 Å². The zero-order valence-corrected chi connectivity index (χ0v) is 19.6. The highest BCUT2D eigenvalue weighted by molar-refractivity contribution is 8.13. The molecule has 0 unspecified atom stereocenters. The third-order valence-electron chi connectivity index (χ3n) is 5.06. The van der Waals surface area contributed by atoms with Crippen molar-refractivity contribution in [3.05, 3.63) is 107 Å². The number of hydrogen-bond acceptors (Lipinski definition) is 3. The summed E-state index contributed by atoms with van der Waals surface area (Å²) < 4.78 is 27.9. The SMILES string of the molecule is C=CC(=C)Nc1cccc(-c2ccc/c(=C/CN=C(C)Sc3ccc(C)c(F)c3F)c2=C)c1. The van der Waals surface area contributed by atoms with Gasteiger partial charge in [-0.15, -0.1) is 0 Å². The first-order chi connectivity index (χ1) is 15.8. The second kappa shape index (κ2) is 10.9. The summed E-state index contributed by atoms with van der Waals surface area (Å²) in [5, 5.41) is 5.71. The maximum atomic E-state index is 14.1. The number of thioether (sulfide) groups is 1. The van der Waals surface area contributed by atoms with Crippen molar-refractivity contribution >= 4 is 35.1 Å². The minimum absolute atomic E-state index is 0.229. The molecule has 0 spiro atoms. The number of aliphatic imine (C=N–C) groups is 1. The molecule has 0 radical (unpaired) electrons. The lowest BCUT2D eigenvalue weighted by Gasteiger charge is -2.09. The largest absolute Gasteiger partial charge is 0.356 e. The summed E-state index contributed by atoms with van der Waals surface area (Å²) in [7, 11) is 0. The Bertz CT molecular complexity index is 1340. The van der Waals surface area contributed by atoms with E-state index in [9.17, 15) is 8.78 Å². The van der Waals surface area contributed by atoms with Crippen LogP contribution >= 0.6 is 11.8 Å². The van der Waals surface area contributed by atoms with Crippen LogP contribution in [-0.4, -0.2) is 11.6 Å². The molecule has 3 aromatic rings. The van der Waals surface area contributed by atoms with Crippen LogP contribution in [0.3, 0.4) is 0 Å². The van der Waals surface area contributed by atoms with Gasteiger partial charge >= 0.3 is 0 Å². The third kappa shape index (κ3) is 6.08. The van der Waals surface area contributed by atoms with Crippen molar-refractivity contribution in [1.29, 1.82) is 0 Å². The number of benzene rings is 3. The number of nitrogens with one attached hydrogen (secondary N) is 1. The van der Waals surface area contributed by atoms with Gasteiger partial charge in [0.05, 0.1) is 16.5 Å². The van der Waals surface area contributed by atoms with E-state index >= 15 is 0 Å². The molecule has 2 nitrogen and oxygen atoms in total. The number of anilines is 1. The van der Waals surface area contributed by atoms with Gasteiger partial charge in [0, 0.05) is 11.4 Å². The van der Waals surface area contributed by atoms with Gasteiger partial charge in [-0.25, -0.2) is 8.78 Å². The molecule has 1 N–H and O–H groups in total. The number of aryl methyl sites for hydroxylation is 1. The standard InChI is InChI=1S/C28H26F2N2S/c1-6-19(3)32-24-11-7-10-23(17-24)25-12-8-9-22(20(25)4)15-16-31-21(5)33-26-14-13-18(2)27(29)28(26)30/h6-15,17,32H,1,3-4,16H2,2,5H3/b22-15-,31-21?. The molecule has 0 bridgehead atoms. The molecule has 0 aliphatic heterocycles. The van der Waals surface area contributed by atoms with Crippen molar-refractivity contribution in [2.24, 2.45) is 4.99 Å². The van der Waals surface area contributed by atoms with Gasteiger partial charge in [0.15, 0.2) is 11.6 Å². The Morgan fingerprint density at radius 1 is 1.09 bits per heavy atom. The predicted molar refractivity (Wildman–Crippen MR) is 139 cm³/mol. The summed E-state index contributed by atoms with van der Waals surface area (Å²) in [6, 6.07) is 17.1. The number of allylic oxidation sites excluding steroid dienone is 1. The second-order valence-corrected chi connectivity index (χ2v) is 8.72. The summed E-state index contributed by atoms with van der Waals surface area (Å²) in [5.41, 5.74) is 3.98. The van der Waals surface area contributed by atoms with Crippen molar-refractivity contribution in [2.45, 2.75) is 18.7 Å². The van der Waals surface area contributed by atoms with E-state index in [1.165, 1.54) is 6.92 Å². The fourth-order valence-corrected chi connectivity index (χ4v) is 4.01. The van der Waals surface area contributed by atoms with Crippen LogP contribution in [0.4, 0.5) is 14.5 Å². The van der Waals surface area contributed by atoms with Gasteiger partial charge in [0.2, 0.25) is 0 Å². The van der Waals surface area contributed by atoms with Crippen molar-refractivity contribution < 1.29 is 8.78 Å². The minimum atomic E-state index is -0.834. The van der Waals surface area contributed by atoms with Gasteiger partial charge in [-0.05, 0) is 65.3 Å². The molecule has 3 aromatic carbocycles. The lowest BCUT2D eigenvalue weighted by atomic mass is 10.0. The summed E-state index contributed by atoms with van der Waals surface area (Å²) >= 11 is 1.12. The molecule has 0 saturated carbocycles. The molecule has 168 valence electrons. The number of halogens is 2. The minimum Gasteiger partial charge on any atom is -0.356 e. The van der Waals surface area contributed by atoms with Crippen LogP contribution in [0.1, 0.15) is 12.5 Å². The molecular formula is C28H26F2N2S. The second-order valence-electron chi connectivity index (χ2n) is 7.48. The number of nitrogens with zero attached hydrogens (tertiary/aromatic N) is 1. The van der Waals surface area contributed by atoms with E-state index in [4.69, 9.17) is 0 Å². The first-order valence-electron chi connectivity index (χ1n) is 10.4. The van der Waals surface area contributed by atoms with Gasteiger partial charge in [-0.2, -0.15) is 0 Å². The quantitative estimate of drug-likeness (QED) is 0.190. The van der Waals surface area contributed by atoms with Crippen LogP contribution in [0.25, 0.3) is 23.8 Å². The van der Waals surface area contributed by atoms with E-state index in [1.807, 2.05) is 48.5 Å². The molecule has 33 heavy (non-hydrogen) atoms. The zero-order chi connectivity index (χ0) is 24.0. The monoisotopic (exact) mass is 460 g/mol. The Kier molecular flexibility index (Phi) is 8.01. The van der Waals surface area contributed by atoms with Crippen molar-refractivity contribution in [3.8, 4) is 11.1 Å². The maximum Gasteiger partial charge on any atom is 0.173 e. The molecule has 0 aliphatic rings. The predicted octanol–water partition coefficient (Wildman–Crippen LogP) is 6.45. The van der Waals surface area contributed by atoms with Gasteiger partial charge in [0.1, 0.15) is 0 Å². The van der Waals surface area contributed by atoms with Crippen LogP contribution < -0.4 is 15.8 Å². The highest BCUT2D eigenvalue weighted by atomic mass is 32.2. The Balaban J connectivity index is 1.81. The lowest BCUT2D eigenvalue weighted by molar-refractivity contribution is 0.486. The molecule has 0 saturated heterocycles. The third-order valence-corrected chi connectivity index (χ3v) is 6.02. The van der Waals surface area contributed by atoms with E-state index < -0.39 is 11.6 Å². The molecule has 5 heteroatoms. The van der Waals surface area contributed by atoms with Crippen molar-refractivity contribution in [3.63, 3.8) is 0 Å². The molecule has 0 fully saturated rings. The van der Waals surface area contributed by atoms with Crippen LogP contribution in [0, 0.1) is 18.6 Å². The first-order valence-corrected chi connectivity index (χ1v) is 11.2. The smallest absolute Gasteiger partial charge is 0.173 e. The Morgan fingerprint density at radius 3 is 2.61 bits per heavy atom. The fourth-order valence-electron chi connectivity index (χ4n) is 3.24. The van der Waals surface area contributed by atoms with Gasteiger partial charge in [0.25, 0.3) is 0 Å². The summed E-state index contributed by atoms with van der Waals surface area (Å²) in [5.74, 6) is -1.65. The summed E-state index contributed by atoms with van der Waals surface area (Å²) in [6.07, 6.45) is 3.64. The highest BCUT2D eigenvalue weighted by Gasteiger charge is 2.12. The Morgan fingerprint density at radius 2 is 1.85 bits per heavy atom. The molecular weight excluding hydrogens is 434 g/mol. The van der Waals surface area contributed by atoms with Gasteiger partial charge in [-0.3, -0.25) is 4.99 Å². The Labute approximate surface area is 197 Å². The van der Waals surface area contributed by atoms with E-state index in [0.29, 0.717) is 11.6 Å². The van der Waals surface area contributed by atoms with Gasteiger partial charge in [-0.1, -0.05) is 74.0 Å². The lowest BCUT2D eigenvalue weighted by Crippen LogP contribution is -2.25. The van der Waals surface area contributed by atoms with Crippen molar-refractivity contribution in [1.82, 2.24) is 0 Å². The maximum absolute atomic E-state index is 14.1. The average Bonchev–Trinajstić information content (AvgIpc) is 2.80. The van der Waals surface area contributed by atoms with Crippen molar-refractivity contribution in [2.75, 3.05) is 11.9 Å². The van der Waals surface area contributed by atoms with E-state index in [2.05, 4.69) is 30.0 Å². The molecule has 3 rings (SSSR count). The normalized spacial score (nSPS) is 12.0. The fraction of sp³-hybridized carbons (Fsp3) is 0.107. The number of rotatable bonds is 7. The van der Waals surface area contributed by atoms with Crippen LogP contribution in [0.15, 0.2) is 89.4 Å². The first kappa shape index (κ1) is 24.2. The number of hydrogen-bond donors (Lipinski definition) is 1. The van der Waals surface area contributed by atoms with Crippen LogP contribution in [0.2, 0.25) is 0 Å². The van der Waals surface area contributed by atoms with Crippen LogP contribution in [-0.2, 0) is 0 Å². The zero-order valence-electron chi connectivity index (χ0n) is 18.8. The molecule has 0 atom stereocenters. The molecule has 0 heterocycles. The highest BCUT2D eigenvalue weighted by Crippen LogP contribution is 2.26. The summed E-state index contributed by atoms with van der Waals surface area (Å²) in [4.78, 5) is 4.71. The summed E-state index contributed by atoms with van der Waals surface area (Å²) in [6.45, 7) is 15.6. The van der Waals surface area contributed by atoms with Crippen LogP contribution in [0.5, 0.6) is 0 Å².